The Hall–Kier alpha value is 0.693. The fourth-order valence-corrected chi connectivity index (χ4v) is 4.38. The molecular formula is C14H15K2N3O8S2. The Bertz CT molecular complexity index is 1250. The summed E-state index contributed by atoms with van der Waals surface area (Å²) in [6.45, 7) is -0.247. The third kappa shape index (κ3) is 4.88. The van der Waals surface area contributed by atoms with E-state index in [-0.39, 0.29) is 132 Å². The molecule has 0 bridgehead atoms. The molecule has 0 aromatic heterocycles. The summed E-state index contributed by atoms with van der Waals surface area (Å²) in [4.78, 5) is 24.3. The second-order valence-corrected chi connectivity index (χ2v) is 8.48. The Morgan fingerprint density at radius 3 is 1.86 bits per heavy atom. The van der Waals surface area contributed by atoms with E-state index in [0.29, 0.717) is 0 Å². The molecule has 15 heteroatoms. The zero-order valence-corrected chi connectivity index (χ0v) is 15.0. The van der Waals surface area contributed by atoms with E-state index in [1.165, 1.54) is 0 Å². The van der Waals surface area contributed by atoms with Gasteiger partial charge in [0.25, 0.3) is 32.1 Å². The maximum absolute atomic E-state index is 12.7. The molecule has 1 aliphatic heterocycles. The number of imide groups is 1. The van der Waals surface area contributed by atoms with Gasteiger partial charge in [0.15, 0.2) is 0 Å². The van der Waals surface area contributed by atoms with Crippen LogP contribution in [0.15, 0.2) is 28.0 Å². The van der Waals surface area contributed by atoms with Gasteiger partial charge in [-0.3, -0.25) is 23.6 Å². The van der Waals surface area contributed by atoms with Crippen molar-refractivity contribution in [3.63, 3.8) is 0 Å². The van der Waals surface area contributed by atoms with E-state index in [1.54, 1.807) is 0 Å². The fourth-order valence-electron chi connectivity index (χ4n) is 3.03. The first-order valence-electron chi connectivity index (χ1n) is 7.30. The van der Waals surface area contributed by atoms with Crippen molar-refractivity contribution in [1.29, 1.82) is 0 Å². The van der Waals surface area contributed by atoms with Crippen LogP contribution >= 0.6 is 0 Å². The zero-order chi connectivity index (χ0) is 20.3. The average Bonchev–Trinajstić information content (AvgIpc) is 2.55. The molecule has 0 atom stereocenters. The van der Waals surface area contributed by atoms with Crippen LogP contribution < -0.4 is 11.5 Å². The molecule has 2 amide bonds. The molecule has 148 valence electrons. The van der Waals surface area contributed by atoms with E-state index >= 15 is 0 Å². The van der Waals surface area contributed by atoms with Crippen LogP contribution in [0.5, 0.6) is 0 Å². The first kappa shape index (κ1) is 27.7. The predicted molar refractivity (Wildman–Crippen MR) is 107 cm³/mol. The van der Waals surface area contributed by atoms with E-state index in [1.807, 2.05) is 0 Å². The molecule has 11 nitrogen and oxygen atoms in total. The van der Waals surface area contributed by atoms with Crippen molar-refractivity contribution in [2.75, 3.05) is 18.8 Å². The molecule has 29 heavy (non-hydrogen) atoms. The fraction of sp³-hybridized carbons (Fsp3) is 0.143. The van der Waals surface area contributed by atoms with Crippen molar-refractivity contribution in [3.05, 3.63) is 29.3 Å². The average molecular weight is 496 g/mol. The topological polar surface area (TPSA) is 198 Å². The molecule has 0 saturated heterocycles. The van der Waals surface area contributed by atoms with Gasteiger partial charge in [0.2, 0.25) is 0 Å². The quantitative estimate of drug-likeness (QED) is 0.162. The van der Waals surface area contributed by atoms with E-state index in [4.69, 9.17) is 11.5 Å². The Labute approximate surface area is 250 Å². The zero-order valence-electron chi connectivity index (χ0n) is 13.4. The van der Waals surface area contributed by atoms with Crippen LogP contribution in [0.4, 0.5) is 5.69 Å². The Kier molecular flexibility index (Phi) is 9.25. The van der Waals surface area contributed by atoms with Crippen LogP contribution in [0.1, 0.15) is 20.7 Å². The minimum atomic E-state index is -4.96. The van der Waals surface area contributed by atoms with Crippen LogP contribution in [-0.4, -0.2) is 159 Å². The molecule has 2 aromatic rings. The van der Waals surface area contributed by atoms with E-state index in [2.05, 4.69) is 0 Å². The monoisotopic (exact) mass is 495 g/mol. The Balaban J connectivity index is 0.00000210. The molecule has 2 aromatic carbocycles. The summed E-state index contributed by atoms with van der Waals surface area (Å²) in [5.41, 5.74) is 9.90. The van der Waals surface area contributed by atoms with E-state index in [9.17, 15) is 35.5 Å². The van der Waals surface area contributed by atoms with Crippen molar-refractivity contribution in [3.8, 4) is 0 Å². The molecular weight excluding hydrogens is 480 g/mol. The third-order valence-electron chi connectivity index (χ3n) is 4.11. The molecule has 0 spiro atoms. The van der Waals surface area contributed by atoms with Crippen molar-refractivity contribution in [2.45, 2.75) is 9.79 Å². The summed E-state index contributed by atoms with van der Waals surface area (Å²) in [7, 11) is -9.86. The molecule has 6 N–H and O–H groups in total. The predicted octanol–water partition coefficient (Wildman–Crippen LogP) is -1.83. The summed E-state index contributed by atoms with van der Waals surface area (Å²) in [5.74, 6) is -1.73. The van der Waals surface area contributed by atoms with Crippen LogP contribution in [0.3, 0.4) is 0 Å². The molecule has 0 unspecified atom stereocenters. The molecule has 3 rings (SSSR count). The number of anilines is 1. The van der Waals surface area contributed by atoms with Crippen LogP contribution in [0.2, 0.25) is 0 Å². The Morgan fingerprint density at radius 1 is 0.862 bits per heavy atom. The van der Waals surface area contributed by atoms with Gasteiger partial charge in [-0.05, 0) is 18.2 Å². The van der Waals surface area contributed by atoms with E-state index < -0.39 is 52.9 Å². The molecule has 0 radical (unpaired) electrons. The first-order chi connectivity index (χ1) is 12.4. The van der Waals surface area contributed by atoms with Crippen LogP contribution in [0, 0.1) is 0 Å². The van der Waals surface area contributed by atoms with Gasteiger partial charge in [-0.1, -0.05) is 0 Å². The Morgan fingerprint density at radius 2 is 1.38 bits per heavy atom. The summed E-state index contributed by atoms with van der Waals surface area (Å²) in [6, 6.07) is 2.68. The number of benzene rings is 2. The van der Waals surface area contributed by atoms with Crippen molar-refractivity contribution in [1.82, 2.24) is 4.90 Å². The first-order valence-corrected chi connectivity index (χ1v) is 10.2. The maximum atomic E-state index is 12.7. The number of nitrogens with two attached hydrogens (primary N) is 2. The van der Waals surface area contributed by atoms with Gasteiger partial charge < -0.3 is 11.5 Å². The molecule has 0 aliphatic carbocycles. The van der Waals surface area contributed by atoms with Gasteiger partial charge in [0.05, 0.1) is 11.3 Å². The van der Waals surface area contributed by atoms with Gasteiger partial charge in [0.1, 0.15) is 9.79 Å². The second kappa shape index (κ2) is 9.67. The van der Waals surface area contributed by atoms with Gasteiger partial charge >= 0.3 is 103 Å². The van der Waals surface area contributed by atoms with Gasteiger partial charge in [0, 0.05) is 29.4 Å². The minimum absolute atomic E-state index is 0. The summed E-state index contributed by atoms with van der Waals surface area (Å²) < 4.78 is 65.6. The second-order valence-electron chi connectivity index (χ2n) is 5.70. The summed E-state index contributed by atoms with van der Waals surface area (Å²) >= 11 is 0. The van der Waals surface area contributed by atoms with Crippen LogP contribution in [-0.2, 0) is 20.2 Å². The van der Waals surface area contributed by atoms with Gasteiger partial charge in [-0.15, -0.1) is 0 Å². The summed E-state index contributed by atoms with van der Waals surface area (Å²) in [6.07, 6.45) is 0. The van der Waals surface area contributed by atoms with Crippen molar-refractivity contribution in [2.24, 2.45) is 5.73 Å². The number of hydrogen-bond acceptors (Lipinski definition) is 8. The number of nitrogen functional groups attached to an aromatic ring is 1. The number of nitrogens with zero attached hydrogens (tertiary/aromatic N) is 1. The number of carbonyl (C=O) groups excluding carboxylic acids is 2. The molecule has 1 aliphatic rings. The van der Waals surface area contributed by atoms with Crippen molar-refractivity contribution >= 4 is 151 Å². The number of carbonyl (C=O) groups is 2. The molecule has 0 saturated carbocycles. The van der Waals surface area contributed by atoms with Crippen LogP contribution in [0.25, 0.3) is 10.8 Å². The molecule has 1 heterocycles. The van der Waals surface area contributed by atoms with E-state index in [0.717, 1.165) is 23.1 Å². The SMILES string of the molecule is NCCN1C(=O)c2ccc(S(=O)(=O)O)c3c(N)c(S(=O)(=O)O)cc(c23)C1=O.[KH].[KH]. The number of amides is 2. The van der Waals surface area contributed by atoms with Gasteiger partial charge in [-0.25, -0.2) is 0 Å². The third-order valence-corrected chi connectivity index (χ3v) is 5.90. The number of hydrogen-bond donors (Lipinski definition) is 4. The van der Waals surface area contributed by atoms with Gasteiger partial charge in [-0.2, -0.15) is 16.8 Å². The normalized spacial score (nSPS) is 13.8. The van der Waals surface area contributed by atoms with Crippen molar-refractivity contribution < 1.29 is 35.5 Å². The summed E-state index contributed by atoms with van der Waals surface area (Å²) in [5, 5.41) is -0.785. The molecule has 0 fully saturated rings. The standard InChI is InChI=1S/C14H13N3O8S2.2K.2H/c15-3-4-17-13(18)6-1-2-8(26(20,21)22)11-10(6)7(14(17)19)5-9(12(11)16)27(23,24)25;;;;/h1-2,5H,3-4,15-16H2,(H,20,21,22)(H,23,24,25);;;;. The number of rotatable bonds is 4.